The minimum absolute atomic E-state index is 0.0451. The molecular weight excluding hydrogens is 152 g/mol. The number of hydrogen-bond acceptors (Lipinski definition) is 2. The molecule has 0 heterocycles. The van der Waals surface area contributed by atoms with Gasteiger partial charge in [-0.1, -0.05) is 0 Å². The van der Waals surface area contributed by atoms with Gasteiger partial charge in [0.05, 0.1) is 17.6 Å². The van der Waals surface area contributed by atoms with E-state index in [1.807, 2.05) is 0 Å². The fourth-order valence-electron chi connectivity index (χ4n) is 1.35. The fraction of sp³-hybridized carbons (Fsp3) is 1.00. The molecule has 1 rings (SSSR count). The van der Waals surface area contributed by atoms with E-state index in [2.05, 4.69) is 0 Å². The van der Waals surface area contributed by atoms with E-state index in [0.717, 1.165) is 19.3 Å². The van der Waals surface area contributed by atoms with Crippen molar-refractivity contribution in [3.63, 3.8) is 0 Å². The Kier molecular flexibility index (Phi) is 2.96. The third-order valence-corrected chi connectivity index (χ3v) is 2.50. The summed E-state index contributed by atoms with van der Waals surface area (Å²) in [5.41, 5.74) is 0. The van der Waals surface area contributed by atoms with Crippen molar-refractivity contribution >= 4 is 11.6 Å². The number of ether oxygens (including phenoxy) is 1. The highest BCUT2D eigenvalue weighted by Crippen LogP contribution is 2.24. The Morgan fingerprint density at radius 2 is 2.20 bits per heavy atom. The van der Waals surface area contributed by atoms with Gasteiger partial charge in [0.15, 0.2) is 0 Å². The molecule has 0 bridgehead atoms. The molecule has 1 N–H and O–H groups in total. The number of methoxy groups -OCH3 is 1. The van der Waals surface area contributed by atoms with Crippen LogP contribution >= 0.6 is 11.6 Å². The summed E-state index contributed by atoms with van der Waals surface area (Å²) >= 11 is 5.81. The molecule has 2 nitrogen and oxygen atoms in total. The molecule has 10 heavy (non-hydrogen) atoms. The summed E-state index contributed by atoms with van der Waals surface area (Å²) in [6.45, 7) is 0. The number of rotatable bonds is 1. The van der Waals surface area contributed by atoms with Gasteiger partial charge in [0.1, 0.15) is 0 Å². The molecule has 1 saturated carbocycles. The summed E-state index contributed by atoms with van der Waals surface area (Å²) in [6.07, 6.45) is 2.38. The molecule has 0 saturated heterocycles. The van der Waals surface area contributed by atoms with Gasteiger partial charge >= 0.3 is 0 Å². The van der Waals surface area contributed by atoms with Crippen LogP contribution in [0.4, 0.5) is 0 Å². The standard InChI is InChI=1S/C7H13ClO2/c1-10-6-4-2-3-5(8)7(6)9/h5-7,9H,2-4H2,1H3/t5-,6-,7+/m0/s1. The zero-order chi connectivity index (χ0) is 7.56. The first-order chi connectivity index (χ1) is 4.75. The van der Waals surface area contributed by atoms with Gasteiger partial charge in [-0.15, -0.1) is 11.6 Å². The predicted molar refractivity (Wildman–Crippen MR) is 40.3 cm³/mol. The topological polar surface area (TPSA) is 29.5 Å². The van der Waals surface area contributed by atoms with Crippen LogP contribution < -0.4 is 0 Å². The van der Waals surface area contributed by atoms with E-state index in [1.54, 1.807) is 7.11 Å². The summed E-state index contributed by atoms with van der Waals surface area (Å²) < 4.78 is 5.04. The second-order valence-electron chi connectivity index (χ2n) is 2.71. The SMILES string of the molecule is CO[C@H]1CCC[C@H](Cl)[C@H]1O. The van der Waals surface area contributed by atoms with E-state index >= 15 is 0 Å². The smallest absolute Gasteiger partial charge is 0.0964 e. The van der Waals surface area contributed by atoms with E-state index in [4.69, 9.17) is 16.3 Å². The molecule has 0 radical (unpaired) electrons. The maximum Gasteiger partial charge on any atom is 0.0964 e. The Hall–Kier alpha value is 0.210. The van der Waals surface area contributed by atoms with E-state index in [9.17, 15) is 5.11 Å². The van der Waals surface area contributed by atoms with Gasteiger partial charge in [0.25, 0.3) is 0 Å². The molecule has 1 fully saturated rings. The van der Waals surface area contributed by atoms with Crippen LogP contribution in [0.3, 0.4) is 0 Å². The van der Waals surface area contributed by atoms with Gasteiger partial charge < -0.3 is 9.84 Å². The second-order valence-corrected chi connectivity index (χ2v) is 3.27. The van der Waals surface area contributed by atoms with Crippen LogP contribution in [0.15, 0.2) is 0 Å². The van der Waals surface area contributed by atoms with Crippen LogP contribution in [0, 0.1) is 0 Å². The number of hydrogen-bond donors (Lipinski definition) is 1. The number of aliphatic hydroxyl groups excluding tert-OH is 1. The van der Waals surface area contributed by atoms with Gasteiger partial charge in [0.2, 0.25) is 0 Å². The summed E-state index contributed by atoms with van der Waals surface area (Å²) in [4.78, 5) is 0. The molecule has 0 unspecified atom stereocenters. The molecule has 0 aromatic rings. The second kappa shape index (κ2) is 3.56. The average Bonchev–Trinajstić information content (AvgIpc) is 1.95. The molecule has 0 aromatic carbocycles. The molecule has 1 aliphatic rings. The van der Waals surface area contributed by atoms with E-state index in [1.165, 1.54) is 0 Å². The lowest BCUT2D eigenvalue weighted by Crippen LogP contribution is -2.39. The highest BCUT2D eigenvalue weighted by Gasteiger charge is 2.29. The first kappa shape index (κ1) is 8.31. The lowest BCUT2D eigenvalue weighted by atomic mass is 9.94. The molecule has 0 spiro atoms. The lowest BCUT2D eigenvalue weighted by Gasteiger charge is -2.29. The van der Waals surface area contributed by atoms with E-state index in [-0.39, 0.29) is 11.5 Å². The molecule has 3 atom stereocenters. The summed E-state index contributed by atoms with van der Waals surface area (Å²) in [7, 11) is 1.61. The van der Waals surface area contributed by atoms with E-state index in [0.29, 0.717) is 0 Å². The highest BCUT2D eigenvalue weighted by atomic mass is 35.5. The molecule has 60 valence electrons. The maximum absolute atomic E-state index is 9.38. The number of halogens is 1. The minimum atomic E-state index is -0.472. The van der Waals surface area contributed by atoms with Gasteiger partial charge in [-0.25, -0.2) is 0 Å². The van der Waals surface area contributed by atoms with Crippen molar-refractivity contribution in [1.82, 2.24) is 0 Å². The van der Waals surface area contributed by atoms with Gasteiger partial charge in [-0.3, -0.25) is 0 Å². The molecule has 0 aromatic heterocycles. The highest BCUT2D eigenvalue weighted by molar-refractivity contribution is 6.21. The van der Waals surface area contributed by atoms with Crippen LogP contribution in [0.1, 0.15) is 19.3 Å². The van der Waals surface area contributed by atoms with Crippen molar-refractivity contribution in [3.8, 4) is 0 Å². The van der Waals surface area contributed by atoms with Crippen molar-refractivity contribution in [2.45, 2.75) is 36.8 Å². The third kappa shape index (κ3) is 1.62. The quantitative estimate of drug-likeness (QED) is 0.590. The van der Waals surface area contributed by atoms with Gasteiger partial charge in [-0.2, -0.15) is 0 Å². The predicted octanol–water partition coefficient (Wildman–Crippen LogP) is 1.15. The summed E-state index contributed by atoms with van der Waals surface area (Å²) in [5, 5.41) is 9.27. The van der Waals surface area contributed by atoms with Crippen LogP contribution in [0.5, 0.6) is 0 Å². The molecule has 3 heteroatoms. The van der Waals surface area contributed by atoms with Gasteiger partial charge in [0, 0.05) is 7.11 Å². The summed E-state index contributed by atoms with van der Waals surface area (Å²) in [5.74, 6) is 0. The van der Waals surface area contributed by atoms with Crippen LogP contribution in [0.2, 0.25) is 0 Å². The third-order valence-electron chi connectivity index (χ3n) is 2.02. The molecule has 0 amide bonds. The van der Waals surface area contributed by atoms with Crippen molar-refractivity contribution in [1.29, 1.82) is 0 Å². The lowest BCUT2D eigenvalue weighted by molar-refractivity contribution is -0.0334. The molecular formula is C7H13ClO2. The zero-order valence-corrected chi connectivity index (χ0v) is 6.84. The number of aliphatic hydroxyl groups is 1. The Morgan fingerprint density at radius 3 is 2.70 bits per heavy atom. The fourth-order valence-corrected chi connectivity index (χ4v) is 1.66. The van der Waals surface area contributed by atoms with Crippen LogP contribution in [0.25, 0.3) is 0 Å². The van der Waals surface area contributed by atoms with E-state index < -0.39 is 6.10 Å². The van der Waals surface area contributed by atoms with Gasteiger partial charge in [-0.05, 0) is 19.3 Å². The normalized spacial score (nSPS) is 41.7. The van der Waals surface area contributed by atoms with Crippen LogP contribution in [-0.2, 0) is 4.74 Å². The first-order valence-electron chi connectivity index (χ1n) is 3.60. The Balaban J connectivity index is 2.42. The van der Waals surface area contributed by atoms with Crippen molar-refractivity contribution in [2.75, 3.05) is 7.11 Å². The average molecular weight is 165 g/mol. The molecule has 0 aliphatic heterocycles. The van der Waals surface area contributed by atoms with Crippen molar-refractivity contribution in [2.24, 2.45) is 0 Å². The zero-order valence-electron chi connectivity index (χ0n) is 6.09. The minimum Gasteiger partial charge on any atom is -0.389 e. The molecule has 1 aliphatic carbocycles. The van der Waals surface area contributed by atoms with Crippen molar-refractivity contribution in [3.05, 3.63) is 0 Å². The Bertz CT molecular complexity index is 108. The first-order valence-corrected chi connectivity index (χ1v) is 4.04. The van der Waals surface area contributed by atoms with Crippen molar-refractivity contribution < 1.29 is 9.84 Å². The largest absolute Gasteiger partial charge is 0.389 e. The Labute approximate surface area is 66.1 Å². The number of alkyl halides is 1. The summed E-state index contributed by atoms with van der Waals surface area (Å²) in [6, 6.07) is 0. The monoisotopic (exact) mass is 164 g/mol. The Morgan fingerprint density at radius 1 is 1.50 bits per heavy atom. The maximum atomic E-state index is 9.38. The van der Waals surface area contributed by atoms with Crippen LogP contribution in [-0.4, -0.2) is 29.8 Å².